The van der Waals surface area contributed by atoms with E-state index in [1.807, 2.05) is 12.1 Å². The van der Waals surface area contributed by atoms with Gasteiger partial charge in [0.1, 0.15) is 11.2 Å². The van der Waals surface area contributed by atoms with E-state index in [-0.39, 0.29) is 28.4 Å². The van der Waals surface area contributed by atoms with Gasteiger partial charge in [-0.05, 0) is 157 Å². The average molecular weight is 891 g/mol. The fourth-order valence-corrected chi connectivity index (χ4v) is 10.7. The van der Waals surface area contributed by atoms with Gasteiger partial charge in [-0.25, -0.2) is 0 Å². The van der Waals surface area contributed by atoms with Crippen LogP contribution in [0, 0.1) is 6.92 Å². The molecule has 0 spiro atoms. The maximum absolute atomic E-state index is 6.07. The van der Waals surface area contributed by atoms with Crippen molar-refractivity contribution >= 4 is 79.2 Å². The zero-order valence-corrected chi connectivity index (χ0v) is 42.1. The van der Waals surface area contributed by atoms with Crippen molar-refractivity contribution in [2.24, 2.45) is 0 Å². The van der Waals surface area contributed by atoms with Gasteiger partial charge in [0.25, 0.3) is 6.71 Å². The molecule has 0 N–H and O–H groups in total. The molecule has 7 aromatic carbocycles. The number of rotatable bonds is 4. The molecular weight excluding hydrogens is 828 g/mol. The van der Waals surface area contributed by atoms with E-state index >= 15 is 0 Å². The molecule has 0 atom stereocenters. The number of nitrogens with zero attached hydrogens (tertiary/aromatic N) is 2. The predicted molar refractivity (Wildman–Crippen MR) is 290 cm³/mol. The average Bonchev–Trinajstić information content (AvgIpc) is 3.96. The van der Waals surface area contributed by atoms with Crippen molar-refractivity contribution in [2.45, 2.75) is 112 Å². The molecule has 68 heavy (non-hydrogen) atoms. The summed E-state index contributed by atoms with van der Waals surface area (Å²) in [6.45, 7) is 30.1. The van der Waals surface area contributed by atoms with Crippen molar-refractivity contribution < 1.29 is 8.83 Å². The van der Waals surface area contributed by atoms with Gasteiger partial charge < -0.3 is 18.6 Å². The van der Waals surface area contributed by atoms with E-state index in [1.54, 1.807) is 12.5 Å². The number of anilines is 6. The highest BCUT2D eigenvalue weighted by atomic mass is 16.3. The monoisotopic (exact) mass is 890 g/mol. The zero-order valence-electron chi connectivity index (χ0n) is 42.1. The van der Waals surface area contributed by atoms with Crippen LogP contribution in [0.5, 0.6) is 0 Å². The SMILES string of the molecule is Cc1cc2c3c(c1)N(c1ccc(C(C)(C)C)cc1-c1ccc4ccoc4c1)c1ccc(C(C)(C)C)cc1B3c1cc(C(C)(C)C)ccc1N2c1ccc(C(C)(C)C)cc1-c1ccc2ccoc2c1. The Kier molecular flexibility index (Phi) is 9.76. The molecule has 0 radical (unpaired) electrons. The van der Waals surface area contributed by atoms with Gasteiger partial charge in [0.2, 0.25) is 0 Å². The normalized spacial score (nSPS) is 13.9. The van der Waals surface area contributed by atoms with Crippen LogP contribution in [0.25, 0.3) is 44.2 Å². The minimum atomic E-state index is -0.0657. The minimum absolute atomic E-state index is 0.0313. The topological polar surface area (TPSA) is 32.8 Å². The lowest BCUT2D eigenvalue weighted by atomic mass is 9.33. The molecule has 5 heteroatoms. The molecule has 0 bridgehead atoms. The van der Waals surface area contributed by atoms with E-state index in [1.165, 1.54) is 78.1 Å². The van der Waals surface area contributed by atoms with Crippen molar-refractivity contribution in [3.05, 3.63) is 174 Å². The smallest absolute Gasteiger partial charge is 0.252 e. The first-order valence-corrected chi connectivity index (χ1v) is 24.4. The molecule has 0 fully saturated rings. The summed E-state index contributed by atoms with van der Waals surface area (Å²) in [5.41, 5.74) is 23.6. The molecule has 2 aromatic heterocycles. The summed E-state index contributed by atoms with van der Waals surface area (Å²) in [6.07, 6.45) is 3.58. The fraction of sp³-hybridized carbons (Fsp3) is 0.270. The van der Waals surface area contributed by atoms with Crippen molar-refractivity contribution in [2.75, 3.05) is 9.80 Å². The molecule has 11 rings (SSSR count). The molecule has 0 saturated heterocycles. The summed E-state index contributed by atoms with van der Waals surface area (Å²) in [7, 11) is 0. The molecule has 340 valence electrons. The van der Waals surface area contributed by atoms with E-state index in [0.717, 1.165) is 44.4 Å². The first kappa shape index (κ1) is 43.8. The Bertz CT molecular complexity index is 3260. The summed E-state index contributed by atoms with van der Waals surface area (Å²) < 4.78 is 12.1. The largest absolute Gasteiger partial charge is 0.464 e. The lowest BCUT2D eigenvalue weighted by Gasteiger charge is -2.46. The summed E-state index contributed by atoms with van der Waals surface area (Å²) >= 11 is 0. The summed E-state index contributed by atoms with van der Waals surface area (Å²) in [6, 6.07) is 51.2. The highest BCUT2D eigenvalue weighted by molar-refractivity contribution is 7.00. The van der Waals surface area contributed by atoms with Gasteiger partial charge in [-0.1, -0.05) is 144 Å². The Morgan fingerprint density at radius 3 is 1.12 bits per heavy atom. The number of furan rings is 2. The Morgan fingerprint density at radius 2 is 0.735 bits per heavy atom. The van der Waals surface area contributed by atoms with Crippen LogP contribution in [0.3, 0.4) is 0 Å². The number of fused-ring (bicyclic) bond motifs is 6. The van der Waals surface area contributed by atoms with E-state index in [9.17, 15) is 0 Å². The van der Waals surface area contributed by atoms with Crippen LogP contribution in [-0.2, 0) is 21.7 Å². The maximum atomic E-state index is 6.07. The summed E-state index contributed by atoms with van der Waals surface area (Å²) in [4.78, 5) is 5.17. The second kappa shape index (κ2) is 15.1. The molecule has 2 aliphatic rings. The first-order valence-electron chi connectivity index (χ1n) is 24.4. The van der Waals surface area contributed by atoms with Gasteiger partial charge >= 0.3 is 0 Å². The Morgan fingerprint density at radius 1 is 0.368 bits per heavy atom. The van der Waals surface area contributed by atoms with Crippen molar-refractivity contribution in [1.82, 2.24) is 0 Å². The molecule has 4 heterocycles. The van der Waals surface area contributed by atoms with Crippen molar-refractivity contribution in [3.8, 4) is 22.3 Å². The van der Waals surface area contributed by atoms with Gasteiger partial charge in [0.15, 0.2) is 0 Å². The molecule has 0 saturated carbocycles. The third-order valence-corrected chi connectivity index (χ3v) is 14.7. The quantitative estimate of drug-likeness (QED) is 0.165. The highest BCUT2D eigenvalue weighted by Gasteiger charge is 2.45. The number of benzene rings is 7. The Labute approximate surface area is 403 Å². The standard InChI is InChI=1S/C63H63BN2O2/c1-38-30-55-59-56(31-38)66(52-23-19-44(61(5,6)7)35-48(52)42-17-15-40-27-29-68-58(40)33-42)54-25-21-46(63(11,12)13)37-50(54)64(59)49-36-45(62(8,9)10)20-24-53(49)65(55)51-22-18-43(60(2,3)4)34-47(51)41-16-14-39-26-28-67-57(39)32-41/h14-37H,1-13H3. The predicted octanol–water partition coefficient (Wildman–Crippen LogP) is 16.1. The van der Waals surface area contributed by atoms with E-state index in [2.05, 4.69) is 221 Å². The lowest BCUT2D eigenvalue weighted by Crippen LogP contribution is -2.61. The maximum Gasteiger partial charge on any atom is 0.252 e. The minimum Gasteiger partial charge on any atom is -0.464 e. The third kappa shape index (κ3) is 7.20. The fourth-order valence-electron chi connectivity index (χ4n) is 10.7. The number of aryl methyl sites for hydroxylation is 1. The van der Waals surface area contributed by atoms with Gasteiger partial charge in [-0.2, -0.15) is 0 Å². The molecule has 2 aliphatic heterocycles. The van der Waals surface area contributed by atoms with Crippen LogP contribution < -0.4 is 26.2 Å². The molecule has 9 aromatic rings. The van der Waals surface area contributed by atoms with Crippen LogP contribution in [0.2, 0.25) is 0 Å². The second-order valence-corrected chi connectivity index (χ2v) is 23.7. The molecular formula is C63H63BN2O2. The van der Waals surface area contributed by atoms with Crippen LogP contribution in [0.15, 0.2) is 155 Å². The number of hydrogen-bond donors (Lipinski definition) is 0. The van der Waals surface area contributed by atoms with Crippen LogP contribution >= 0.6 is 0 Å². The zero-order chi connectivity index (χ0) is 47.8. The summed E-state index contributed by atoms with van der Waals surface area (Å²) in [5.74, 6) is 0. The van der Waals surface area contributed by atoms with Crippen LogP contribution in [-0.4, -0.2) is 6.71 Å². The van der Waals surface area contributed by atoms with Gasteiger partial charge in [-0.15, -0.1) is 0 Å². The second-order valence-electron chi connectivity index (χ2n) is 23.7. The molecule has 4 nitrogen and oxygen atoms in total. The van der Waals surface area contributed by atoms with Crippen molar-refractivity contribution in [3.63, 3.8) is 0 Å². The Balaban J connectivity index is 1.25. The number of hydrogen-bond acceptors (Lipinski definition) is 4. The molecule has 0 amide bonds. The lowest BCUT2D eigenvalue weighted by molar-refractivity contribution is 0.590. The van der Waals surface area contributed by atoms with E-state index in [4.69, 9.17) is 8.83 Å². The molecule has 0 aliphatic carbocycles. The van der Waals surface area contributed by atoms with Gasteiger partial charge in [-0.3, -0.25) is 0 Å². The van der Waals surface area contributed by atoms with Crippen molar-refractivity contribution in [1.29, 1.82) is 0 Å². The van der Waals surface area contributed by atoms with Gasteiger partial charge in [0, 0.05) is 44.6 Å². The first-order chi connectivity index (χ1) is 32.1. The highest BCUT2D eigenvalue weighted by Crippen LogP contribution is 2.50. The third-order valence-electron chi connectivity index (χ3n) is 14.7. The van der Waals surface area contributed by atoms with Crippen LogP contribution in [0.4, 0.5) is 34.1 Å². The Hall–Kier alpha value is -6.72. The molecule has 0 unspecified atom stereocenters. The van der Waals surface area contributed by atoms with Gasteiger partial charge in [0.05, 0.1) is 23.9 Å². The van der Waals surface area contributed by atoms with Crippen LogP contribution in [0.1, 0.15) is 111 Å². The van der Waals surface area contributed by atoms with E-state index in [0.29, 0.717) is 0 Å². The summed E-state index contributed by atoms with van der Waals surface area (Å²) in [5, 5.41) is 2.20. The van der Waals surface area contributed by atoms with E-state index < -0.39 is 0 Å².